The first-order valence-electron chi connectivity index (χ1n) is 7.10. The molecular formula is C18H10F2O4. The van der Waals surface area contributed by atoms with Crippen LogP contribution in [0.1, 0.15) is 10.4 Å². The van der Waals surface area contributed by atoms with Crippen molar-refractivity contribution < 1.29 is 28.2 Å². The average molecular weight is 328 g/mol. The lowest BCUT2D eigenvalue weighted by atomic mass is 9.96. The Bertz CT molecular complexity index is 982. The predicted molar refractivity (Wildman–Crippen MR) is 82.5 cm³/mol. The van der Waals surface area contributed by atoms with Crippen molar-refractivity contribution in [3.8, 4) is 22.6 Å². The molecule has 0 fully saturated rings. The van der Waals surface area contributed by atoms with Crippen LogP contribution in [0.25, 0.3) is 21.9 Å². The lowest BCUT2D eigenvalue weighted by Gasteiger charge is -2.10. The number of aromatic carboxylic acids is 1. The molecule has 0 bridgehead atoms. The molecule has 0 radical (unpaired) electrons. The second-order valence-corrected chi connectivity index (χ2v) is 5.35. The number of fused-ring (bicyclic) bond motifs is 2. The third kappa shape index (κ3) is 2.23. The average Bonchev–Trinajstić information content (AvgIpc) is 2.87. The SMILES string of the molecule is O=C(O)c1ccc2cccc(-c3cccc4c3OC(F)(F)O4)c2c1. The number of carbonyl (C=O) groups is 1. The van der Waals surface area contributed by atoms with E-state index >= 15 is 0 Å². The van der Waals surface area contributed by atoms with Crippen molar-refractivity contribution >= 4 is 16.7 Å². The number of carboxylic acid groups (broad SMARTS) is 1. The second kappa shape index (κ2) is 4.92. The van der Waals surface area contributed by atoms with Crippen molar-refractivity contribution in [2.24, 2.45) is 0 Å². The summed E-state index contributed by atoms with van der Waals surface area (Å²) >= 11 is 0. The van der Waals surface area contributed by atoms with Gasteiger partial charge in [0.15, 0.2) is 11.5 Å². The molecule has 4 rings (SSSR count). The summed E-state index contributed by atoms with van der Waals surface area (Å²) in [4.78, 5) is 11.2. The van der Waals surface area contributed by atoms with Crippen LogP contribution in [0.4, 0.5) is 8.78 Å². The van der Waals surface area contributed by atoms with Gasteiger partial charge in [-0.25, -0.2) is 4.79 Å². The van der Waals surface area contributed by atoms with Crippen molar-refractivity contribution in [3.63, 3.8) is 0 Å². The van der Waals surface area contributed by atoms with Gasteiger partial charge in [0.25, 0.3) is 0 Å². The van der Waals surface area contributed by atoms with Gasteiger partial charge in [0.2, 0.25) is 0 Å². The summed E-state index contributed by atoms with van der Waals surface area (Å²) in [5, 5.41) is 10.6. The highest BCUT2D eigenvalue weighted by molar-refractivity contribution is 6.02. The Morgan fingerprint density at radius 1 is 0.958 bits per heavy atom. The van der Waals surface area contributed by atoms with Crippen LogP contribution in [0.3, 0.4) is 0 Å². The lowest BCUT2D eigenvalue weighted by molar-refractivity contribution is -0.286. The molecule has 4 nitrogen and oxygen atoms in total. The monoisotopic (exact) mass is 328 g/mol. The third-order valence-corrected chi connectivity index (χ3v) is 3.85. The number of halogens is 2. The first-order valence-corrected chi connectivity index (χ1v) is 7.10. The van der Waals surface area contributed by atoms with Gasteiger partial charge in [-0.15, -0.1) is 8.78 Å². The lowest BCUT2D eigenvalue weighted by Crippen LogP contribution is -2.26. The normalized spacial score (nSPS) is 14.8. The van der Waals surface area contributed by atoms with E-state index < -0.39 is 12.3 Å². The van der Waals surface area contributed by atoms with E-state index in [1.807, 2.05) is 6.07 Å². The molecular weight excluding hydrogens is 318 g/mol. The van der Waals surface area contributed by atoms with Crippen LogP contribution < -0.4 is 9.47 Å². The van der Waals surface area contributed by atoms with Crippen LogP contribution >= 0.6 is 0 Å². The van der Waals surface area contributed by atoms with Gasteiger partial charge in [-0.3, -0.25) is 0 Å². The molecule has 1 N–H and O–H groups in total. The summed E-state index contributed by atoms with van der Waals surface area (Å²) < 4.78 is 35.9. The van der Waals surface area contributed by atoms with Crippen molar-refractivity contribution in [2.45, 2.75) is 6.29 Å². The minimum Gasteiger partial charge on any atom is -0.478 e. The highest BCUT2D eigenvalue weighted by Crippen LogP contribution is 2.48. The minimum absolute atomic E-state index is 0.0520. The number of benzene rings is 3. The van der Waals surface area contributed by atoms with Gasteiger partial charge in [0.1, 0.15) is 0 Å². The van der Waals surface area contributed by atoms with E-state index in [2.05, 4.69) is 9.47 Å². The molecule has 1 heterocycles. The van der Waals surface area contributed by atoms with E-state index in [4.69, 9.17) is 0 Å². The first kappa shape index (κ1) is 14.4. The van der Waals surface area contributed by atoms with Gasteiger partial charge in [0, 0.05) is 5.56 Å². The first-order chi connectivity index (χ1) is 11.4. The van der Waals surface area contributed by atoms with E-state index in [0.717, 1.165) is 5.39 Å². The van der Waals surface area contributed by atoms with E-state index in [0.29, 0.717) is 16.5 Å². The number of alkyl halides is 2. The molecule has 3 aromatic rings. The highest BCUT2D eigenvalue weighted by Gasteiger charge is 2.44. The van der Waals surface area contributed by atoms with Gasteiger partial charge in [0.05, 0.1) is 5.56 Å². The van der Waals surface area contributed by atoms with Crippen LogP contribution in [-0.2, 0) is 0 Å². The van der Waals surface area contributed by atoms with E-state index in [1.54, 1.807) is 30.3 Å². The van der Waals surface area contributed by atoms with Crippen molar-refractivity contribution in [2.75, 3.05) is 0 Å². The smallest absolute Gasteiger partial charge is 0.478 e. The van der Waals surface area contributed by atoms with E-state index in [9.17, 15) is 18.7 Å². The quantitative estimate of drug-likeness (QED) is 0.751. The Kier molecular flexibility index (Phi) is 2.96. The fraction of sp³-hybridized carbons (Fsp3) is 0.0556. The number of rotatable bonds is 2. The van der Waals surface area contributed by atoms with Crippen LogP contribution in [0.2, 0.25) is 0 Å². The van der Waals surface area contributed by atoms with Crippen LogP contribution in [0.5, 0.6) is 11.5 Å². The summed E-state index contributed by atoms with van der Waals surface area (Å²) in [6.07, 6.45) is -3.71. The Hall–Kier alpha value is -3.15. The van der Waals surface area contributed by atoms with E-state index in [-0.39, 0.29) is 17.1 Å². The summed E-state index contributed by atoms with van der Waals surface area (Å²) in [6, 6.07) is 14.6. The zero-order valence-electron chi connectivity index (χ0n) is 12.1. The third-order valence-electron chi connectivity index (χ3n) is 3.85. The fourth-order valence-corrected chi connectivity index (χ4v) is 2.82. The second-order valence-electron chi connectivity index (χ2n) is 5.35. The van der Waals surface area contributed by atoms with Crippen LogP contribution in [0, 0.1) is 0 Å². The molecule has 120 valence electrons. The van der Waals surface area contributed by atoms with Crippen molar-refractivity contribution in [1.29, 1.82) is 0 Å². The Labute approximate surface area is 134 Å². The number of carboxylic acids is 1. The molecule has 0 spiro atoms. The maximum atomic E-state index is 13.4. The predicted octanol–water partition coefficient (Wildman–Crippen LogP) is 4.53. The molecule has 0 unspecified atom stereocenters. The van der Waals surface area contributed by atoms with Gasteiger partial charge < -0.3 is 14.6 Å². The summed E-state index contributed by atoms with van der Waals surface area (Å²) in [5.41, 5.74) is 1.12. The summed E-state index contributed by atoms with van der Waals surface area (Å²) in [5.74, 6) is -1.17. The maximum Gasteiger partial charge on any atom is 0.586 e. The molecule has 0 saturated heterocycles. The molecule has 0 saturated carbocycles. The zero-order chi connectivity index (χ0) is 16.9. The standard InChI is InChI=1S/C18H10F2O4/c19-18(20)23-15-6-2-5-13(16(15)24-18)12-4-1-3-10-7-8-11(17(21)22)9-14(10)12/h1-9H,(H,21,22). The van der Waals surface area contributed by atoms with Crippen LogP contribution in [-0.4, -0.2) is 17.4 Å². The molecule has 0 atom stereocenters. The van der Waals surface area contributed by atoms with E-state index in [1.165, 1.54) is 18.2 Å². The number of hydrogen-bond donors (Lipinski definition) is 1. The molecule has 0 amide bonds. The van der Waals surface area contributed by atoms with Gasteiger partial charge in [-0.05, 0) is 34.5 Å². The molecule has 1 aliphatic heterocycles. The van der Waals surface area contributed by atoms with Crippen molar-refractivity contribution in [1.82, 2.24) is 0 Å². The molecule has 0 aromatic heterocycles. The number of ether oxygens (including phenoxy) is 2. The summed E-state index contributed by atoms with van der Waals surface area (Å²) in [6.45, 7) is 0. The highest BCUT2D eigenvalue weighted by atomic mass is 19.3. The Morgan fingerprint density at radius 2 is 1.71 bits per heavy atom. The maximum absolute atomic E-state index is 13.4. The molecule has 6 heteroatoms. The fourth-order valence-electron chi connectivity index (χ4n) is 2.82. The molecule has 3 aromatic carbocycles. The molecule has 24 heavy (non-hydrogen) atoms. The van der Waals surface area contributed by atoms with Gasteiger partial charge in [-0.1, -0.05) is 36.4 Å². The van der Waals surface area contributed by atoms with Gasteiger partial charge in [-0.2, -0.15) is 0 Å². The van der Waals surface area contributed by atoms with Crippen molar-refractivity contribution in [3.05, 3.63) is 60.2 Å². The Morgan fingerprint density at radius 3 is 2.50 bits per heavy atom. The molecule has 1 aliphatic rings. The Balaban J connectivity index is 1.97. The summed E-state index contributed by atoms with van der Waals surface area (Å²) in [7, 11) is 0. The number of hydrogen-bond acceptors (Lipinski definition) is 3. The minimum atomic E-state index is -3.71. The topological polar surface area (TPSA) is 55.8 Å². The zero-order valence-corrected chi connectivity index (χ0v) is 12.1. The molecule has 0 aliphatic carbocycles. The van der Waals surface area contributed by atoms with Gasteiger partial charge >= 0.3 is 12.3 Å². The largest absolute Gasteiger partial charge is 0.586 e. The van der Waals surface area contributed by atoms with Crippen LogP contribution in [0.15, 0.2) is 54.6 Å². The number of para-hydroxylation sites is 1.